The lowest BCUT2D eigenvalue weighted by Crippen LogP contribution is -2.20. The summed E-state index contributed by atoms with van der Waals surface area (Å²) in [6.45, 7) is -2.11. The molecule has 4 nitrogen and oxygen atoms in total. The third kappa shape index (κ3) is 17.7. The van der Waals surface area contributed by atoms with Gasteiger partial charge in [0.25, 0.3) is 0 Å². The minimum Gasteiger partial charge on any atom is -0.303 e. The van der Waals surface area contributed by atoms with Crippen LogP contribution in [0.4, 0.5) is 13.2 Å². The minimum atomic E-state index is -4.17. The fraction of sp³-hybridized carbons (Fsp3) is 0.0588. The topological polar surface area (TPSA) is 66.8 Å². The molecule has 0 aliphatic heterocycles. The summed E-state index contributed by atoms with van der Waals surface area (Å²) >= 11 is 3.61. The van der Waals surface area contributed by atoms with E-state index < -0.39 is 30.3 Å². The number of phosphoric ester groups is 1. The van der Waals surface area contributed by atoms with Crippen LogP contribution in [0.5, 0.6) is 0 Å². The molecule has 0 fully saturated rings. The summed E-state index contributed by atoms with van der Waals surface area (Å²) in [7, 11) is -5.22. The van der Waals surface area contributed by atoms with Gasteiger partial charge in [-0.1, -0.05) is 206 Å². The van der Waals surface area contributed by atoms with Gasteiger partial charge in [-0.3, -0.25) is 4.52 Å². The molecule has 0 aromatic heterocycles. The van der Waals surface area contributed by atoms with Gasteiger partial charge in [0, 0.05) is 19.6 Å². The van der Waals surface area contributed by atoms with Crippen LogP contribution in [0.25, 0.3) is 0 Å². The van der Waals surface area contributed by atoms with E-state index in [1.54, 1.807) is 23.5 Å². The third-order valence-electron chi connectivity index (χ3n) is 8.50. The van der Waals surface area contributed by atoms with Gasteiger partial charge in [0.2, 0.25) is 0 Å². The van der Waals surface area contributed by atoms with Crippen molar-refractivity contribution < 1.29 is 32.0 Å². The molecule has 322 valence electrons. The molecule has 0 spiro atoms. The number of alkyl halides is 3. The largest absolute Gasteiger partial charge is 0.469 e. The highest BCUT2D eigenvalue weighted by atomic mass is 32.2. The highest BCUT2D eigenvalue weighted by Crippen LogP contribution is 2.36. The first-order chi connectivity index (χ1) is 30.6. The first-order valence-electron chi connectivity index (χ1n) is 19.7. The molecule has 0 heterocycles. The molecule has 0 aliphatic rings. The van der Waals surface area contributed by atoms with E-state index in [9.17, 15) is 17.7 Å². The summed E-state index contributed by atoms with van der Waals surface area (Å²) < 4.78 is 42.6. The van der Waals surface area contributed by atoms with E-state index in [2.05, 4.69) is 235 Å². The Morgan fingerprint density at radius 2 is 0.619 bits per heavy atom. The average molecular weight is 937 g/mol. The lowest BCUT2D eigenvalue weighted by atomic mass is 10.3. The second-order valence-corrected chi connectivity index (χ2v) is 21.0. The van der Waals surface area contributed by atoms with Crippen molar-refractivity contribution in [1.29, 1.82) is 0 Å². The van der Waals surface area contributed by atoms with E-state index in [0.717, 1.165) is 0 Å². The molecule has 8 aromatic rings. The Labute approximate surface area is 379 Å². The number of halogens is 3. The molecule has 12 heteroatoms. The molecule has 0 amide bonds. The van der Waals surface area contributed by atoms with E-state index in [0.29, 0.717) is 0 Å². The van der Waals surface area contributed by atoms with Crippen molar-refractivity contribution >= 4 is 79.0 Å². The van der Waals surface area contributed by atoms with Crippen molar-refractivity contribution in [2.24, 2.45) is 0 Å². The highest BCUT2D eigenvalue weighted by Gasteiger charge is 2.17. The summed E-state index contributed by atoms with van der Waals surface area (Å²) in [4.78, 5) is 20.9. The van der Waals surface area contributed by atoms with Crippen LogP contribution < -0.4 is 31.8 Å². The van der Waals surface area contributed by atoms with Gasteiger partial charge in [0.15, 0.2) is 0 Å². The second kappa shape index (κ2) is 26.8. The van der Waals surface area contributed by atoms with Crippen LogP contribution in [0.15, 0.2) is 250 Å². The van der Waals surface area contributed by atoms with Crippen LogP contribution in [0, 0.1) is 0 Å². The van der Waals surface area contributed by atoms with Crippen molar-refractivity contribution in [2.45, 2.75) is 33.2 Å². The SMILES string of the molecule is CCOP(=O)(O)O.FC(F)F.c1ccc(Sc2ccc(P(c3ccccc3)c3ccccc3)cc2)cc1.c1ccc(Sc2ccc(P(c3ccccc3)c3ccccc3)cc2)cc1. The summed E-state index contributed by atoms with van der Waals surface area (Å²) in [6.07, 6.45) is 0. The summed E-state index contributed by atoms with van der Waals surface area (Å²) in [5.74, 6) is 0. The molecule has 8 rings (SSSR count). The van der Waals surface area contributed by atoms with E-state index in [4.69, 9.17) is 9.79 Å². The molecule has 0 aliphatic carbocycles. The van der Waals surface area contributed by atoms with Crippen LogP contribution in [0.1, 0.15) is 6.92 Å². The van der Waals surface area contributed by atoms with Crippen LogP contribution in [0.2, 0.25) is 0 Å². The highest BCUT2D eigenvalue weighted by molar-refractivity contribution is 7.99. The van der Waals surface area contributed by atoms with Crippen LogP contribution in [-0.4, -0.2) is 23.1 Å². The molecule has 2 N–H and O–H groups in total. The standard InChI is InChI=1S/2C24H19PS.C2H7O4P.CHF3/c2*1-4-10-20(11-5-1)25(21-12-6-2-7-13-21)22-16-18-24(19-17-22)26-23-14-8-3-9-15-23;1-2-6-7(3,4)5;2-1(3)4/h2*1-19H;2H2,1H3,(H2,3,4,5);1H. The van der Waals surface area contributed by atoms with Crippen molar-refractivity contribution in [1.82, 2.24) is 0 Å². The van der Waals surface area contributed by atoms with Gasteiger partial charge < -0.3 is 9.79 Å². The zero-order chi connectivity index (χ0) is 44.7. The van der Waals surface area contributed by atoms with Gasteiger partial charge in [0.1, 0.15) is 0 Å². The molecule has 63 heavy (non-hydrogen) atoms. The Morgan fingerprint density at radius 1 is 0.413 bits per heavy atom. The van der Waals surface area contributed by atoms with Gasteiger partial charge in [0.05, 0.1) is 6.61 Å². The van der Waals surface area contributed by atoms with Crippen LogP contribution >= 0.6 is 47.2 Å². The number of hydrogen-bond donors (Lipinski definition) is 2. The Morgan fingerprint density at radius 3 is 0.825 bits per heavy atom. The third-order valence-corrected chi connectivity index (χ3v) is 16.0. The second-order valence-electron chi connectivity index (χ2n) is 13.0. The molecule has 0 unspecified atom stereocenters. The predicted octanol–water partition coefficient (Wildman–Crippen LogP) is 12.5. The van der Waals surface area contributed by atoms with Crippen LogP contribution in [0.3, 0.4) is 0 Å². The minimum absolute atomic E-state index is 0.0459. The Kier molecular flexibility index (Phi) is 20.9. The summed E-state index contributed by atoms with van der Waals surface area (Å²) in [6, 6.07) is 82.5. The zero-order valence-electron chi connectivity index (χ0n) is 34.2. The Balaban J connectivity index is 0.000000193. The average Bonchev–Trinajstić information content (AvgIpc) is 3.30. The maximum atomic E-state index is 9.70. The smallest absolute Gasteiger partial charge is 0.303 e. The predicted molar refractivity (Wildman–Crippen MR) is 262 cm³/mol. The van der Waals surface area contributed by atoms with E-state index in [-0.39, 0.29) is 6.61 Å². The fourth-order valence-corrected chi connectivity index (χ4v) is 12.5. The van der Waals surface area contributed by atoms with E-state index in [1.807, 2.05) is 0 Å². The number of rotatable bonds is 12. The molecule has 0 saturated heterocycles. The van der Waals surface area contributed by atoms with Crippen LogP contribution in [-0.2, 0) is 9.09 Å². The lowest BCUT2D eigenvalue weighted by molar-refractivity contribution is 0.00818. The first-order valence-corrected chi connectivity index (χ1v) is 25.5. The van der Waals surface area contributed by atoms with Crippen molar-refractivity contribution in [3.05, 3.63) is 231 Å². The zero-order valence-corrected chi connectivity index (χ0v) is 38.5. The quantitative estimate of drug-likeness (QED) is 0.119. The molecular weight excluding hydrogens is 891 g/mol. The molecule has 0 atom stereocenters. The van der Waals surface area contributed by atoms with Gasteiger partial charge >= 0.3 is 14.5 Å². The number of phosphoric acid groups is 1. The van der Waals surface area contributed by atoms with Gasteiger partial charge in [-0.15, -0.1) is 0 Å². The monoisotopic (exact) mass is 936 g/mol. The van der Waals surface area contributed by atoms with Gasteiger partial charge in [-0.05, 0) is 103 Å². The fourth-order valence-electron chi connectivity index (χ4n) is 5.95. The Bertz CT molecular complexity index is 2250. The Hall–Kier alpha value is -4.78. The molecule has 0 bridgehead atoms. The van der Waals surface area contributed by atoms with Crippen molar-refractivity contribution in [2.75, 3.05) is 6.61 Å². The van der Waals surface area contributed by atoms with Crippen molar-refractivity contribution in [3.8, 4) is 0 Å². The maximum Gasteiger partial charge on any atom is 0.469 e. The molecule has 8 aromatic carbocycles. The molecule has 0 radical (unpaired) electrons. The first kappa shape index (κ1) is 49.2. The normalized spacial score (nSPS) is 10.8. The van der Waals surface area contributed by atoms with Crippen molar-refractivity contribution in [3.63, 3.8) is 0 Å². The summed E-state index contributed by atoms with van der Waals surface area (Å²) in [5.41, 5.74) is 0. The number of benzene rings is 8. The van der Waals surface area contributed by atoms with E-state index >= 15 is 0 Å². The molecule has 0 saturated carbocycles. The molecular formula is C51H46F3O4P3S2. The lowest BCUT2D eigenvalue weighted by Gasteiger charge is -2.19. The van der Waals surface area contributed by atoms with E-state index in [1.165, 1.54) is 58.3 Å². The van der Waals surface area contributed by atoms with Gasteiger partial charge in [-0.2, -0.15) is 13.2 Å². The summed E-state index contributed by atoms with van der Waals surface area (Å²) in [5, 5.41) is 8.31. The van der Waals surface area contributed by atoms with Gasteiger partial charge in [-0.25, -0.2) is 4.57 Å². The maximum absolute atomic E-state index is 9.70. The number of hydrogen-bond acceptors (Lipinski definition) is 4.